The number of rotatable bonds is 6. The third-order valence-corrected chi connectivity index (χ3v) is 4.37. The Kier molecular flexibility index (Phi) is 6.39. The summed E-state index contributed by atoms with van der Waals surface area (Å²) in [5, 5.41) is 9.27. The average molecular weight is 431 g/mol. The quantitative estimate of drug-likeness (QED) is 0.383. The Morgan fingerprint density at radius 1 is 0.968 bits per heavy atom. The minimum Gasteiger partial charge on any atom is -0.480 e. The van der Waals surface area contributed by atoms with E-state index in [2.05, 4.69) is 4.99 Å². The van der Waals surface area contributed by atoms with E-state index >= 15 is 0 Å². The molecule has 0 saturated carbocycles. The van der Waals surface area contributed by atoms with Crippen molar-refractivity contribution in [2.45, 2.75) is 19.2 Å². The number of hydrogen-bond donors (Lipinski definition) is 1. The highest BCUT2D eigenvalue weighted by molar-refractivity contribution is 6.14. The van der Waals surface area contributed by atoms with Crippen LogP contribution in [0, 0.1) is 5.82 Å². The van der Waals surface area contributed by atoms with Crippen molar-refractivity contribution >= 4 is 17.4 Å². The maximum Gasteiger partial charge on any atom is 0.425 e. The predicted molar refractivity (Wildman–Crippen MR) is 108 cm³/mol. The van der Waals surface area contributed by atoms with Gasteiger partial charge in [-0.3, -0.25) is 0 Å². The van der Waals surface area contributed by atoms with Gasteiger partial charge >= 0.3 is 12.1 Å². The lowest BCUT2D eigenvalue weighted by Gasteiger charge is -2.19. The number of aromatic carboxylic acids is 1. The van der Waals surface area contributed by atoms with Crippen LogP contribution < -0.4 is 4.74 Å². The first-order chi connectivity index (χ1) is 14.7. The first-order valence-corrected chi connectivity index (χ1v) is 9.16. The largest absolute Gasteiger partial charge is 0.480 e. The zero-order valence-electron chi connectivity index (χ0n) is 16.2. The van der Waals surface area contributed by atoms with Crippen LogP contribution in [0.25, 0.3) is 0 Å². The molecular weight excluding hydrogens is 414 g/mol. The minimum absolute atomic E-state index is 0.350. The van der Waals surface area contributed by atoms with Crippen LogP contribution in [-0.4, -0.2) is 29.1 Å². The third kappa shape index (κ3) is 5.28. The second-order valence-electron chi connectivity index (χ2n) is 6.60. The van der Waals surface area contributed by atoms with Crippen molar-refractivity contribution in [3.8, 4) is 5.75 Å². The second kappa shape index (κ2) is 8.99. The number of halogens is 4. The number of benzene rings is 3. The first-order valence-electron chi connectivity index (χ1n) is 9.16. The van der Waals surface area contributed by atoms with Crippen molar-refractivity contribution < 1.29 is 32.2 Å². The summed E-state index contributed by atoms with van der Waals surface area (Å²) in [4.78, 5) is 15.7. The molecule has 0 unspecified atom stereocenters. The van der Waals surface area contributed by atoms with Crippen LogP contribution >= 0.6 is 0 Å². The van der Waals surface area contributed by atoms with E-state index in [1.54, 1.807) is 60.7 Å². The normalized spacial score (nSPS) is 12.2. The number of hydrogen-bond acceptors (Lipinski definition) is 3. The van der Waals surface area contributed by atoms with Crippen LogP contribution in [0.15, 0.2) is 77.8 Å². The van der Waals surface area contributed by atoms with Crippen LogP contribution in [0.2, 0.25) is 0 Å². The molecule has 1 N–H and O–H groups in total. The van der Waals surface area contributed by atoms with Gasteiger partial charge in [-0.25, -0.2) is 14.2 Å². The SMILES string of the molecule is C[C@H](Oc1cc(N=C(c2ccccc2)c2ccccc2)c(F)cc1C(=O)O)C(F)(F)F. The molecule has 3 aromatic carbocycles. The number of ether oxygens (including phenoxy) is 1. The minimum atomic E-state index is -4.73. The molecule has 1 atom stereocenters. The van der Waals surface area contributed by atoms with Gasteiger partial charge < -0.3 is 9.84 Å². The lowest BCUT2D eigenvalue weighted by molar-refractivity contribution is -0.189. The summed E-state index contributed by atoms with van der Waals surface area (Å²) in [5.41, 5.74) is 0.562. The van der Waals surface area contributed by atoms with Gasteiger partial charge in [0.1, 0.15) is 22.8 Å². The zero-order valence-corrected chi connectivity index (χ0v) is 16.2. The van der Waals surface area contributed by atoms with Crippen molar-refractivity contribution in [1.29, 1.82) is 0 Å². The highest BCUT2D eigenvalue weighted by Gasteiger charge is 2.38. The fourth-order valence-corrected chi connectivity index (χ4v) is 2.76. The molecule has 0 radical (unpaired) electrons. The van der Waals surface area contributed by atoms with Gasteiger partial charge in [0.15, 0.2) is 6.10 Å². The molecule has 0 aliphatic rings. The molecule has 3 aromatic rings. The second-order valence-corrected chi connectivity index (χ2v) is 6.60. The molecular formula is C23H17F4NO3. The Labute approximate surface area is 175 Å². The van der Waals surface area contributed by atoms with Gasteiger partial charge in [-0.2, -0.15) is 13.2 Å². The number of carboxylic acid groups (broad SMARTS) is 1. The molecule has 0 aliphatic heterocycles. The number of aliphatic imine (C=N–C) groups is 1. The van der Waals surface area contributed by atoms with Crippen molar-refractivity contribution in [3.05, 3.63) is 95.3 Å². The number of carbonyl (C=O) groups is 1. The number of nitrogens with zero attached hydrogens (tertiary/aromatic N) is 1. The van der Waals surface area contributed by atoms with Crippen molar-refractivity contribution in [2.75, 3.05) is 0 Å². The molecule has 0 fully saturated rings. The van der Waals surface area contributed by atoms with E-state index in [1.165, 1.54) is 0 Å². The van der Waals surface area contributed by atoms with Crippen LogP contribution in [0.1, 0.15) is 28.4 Å². The van der Waals surface area contributed by atoms with Gasteiger partial charge in [0.2, 0.25) is 0 Å². The smallest absolute Gasteiger partial charge is 0.425 e. The third-order valence-electron chi connectivity index (χ3n) is 4.37. The van der Waals surface area contributed by atoms with Gasteiger partial charge in [0, 0.05) is 17.2 Å². The van der Waals surface area contributed by atoms with E-state index in [1.807, 2.05) is 0 Å². The van der Waals surface area contributed by atoms with Crippen LogP contribution in [0.4, 0.5) is 23.2 Å². The van der Waals surface area contributed by atoms with Crippen LogP contribution in [0.5, 0.6) is 5.75 Å². The molecule has 31 heavy (non-hydrogen) atoms. The van der Waals surface area contributed by atoms with Gasteiger partial charge in [-0.05, 0) is 13.0 Å². The van der Waals surface area contributed by atoms with E-state index in [0.717, 1.165) is 13.0 Å². The fraction of sp³-hybridized carbons (Fsp3) is 0.130. The van der Waals surface area contributed by atoms with Crippen molar-refractivity contribution in [2.24, 2.45) is 4.99 Å². The molecule has 0 bridgehead atoms. The maximum atomic E-state index is 14.7. The Morgan fingerprint density at radius 3 is 1.94 bits per heavy atom. The molecule has 0 heterocycles. The maximum absolute atomic E-state index is 14.7. The summed E-state index contributed by atoms with van der Waals surface area (Å²) in [6, 6.07) is 19.1. The molecule has 3 rings (SSSR count). The number of alkyl halides is 3. The molecule has 0 aliphatic carbocycles. The summed E-state index contributed by atoms with van der Waals surface area (Å²) in [6.45, 7) is 0.733. The highest BCUT2D eigenvalue weighted by Crippen LogP contribution is 2.33. The summed E-state index contributed by atoms with van der Waals surface area (Å²) in [6.07, 6.45) is -7.03. The van der Waals surface area contributed by atoms with Gasteiger partial charge in [-0.1, -0.05) is 60.7 Å². The predicted octanol–water partition coefficient (Wildman–Crippen LogP) is 6.02. The lowest BCUT2D eigenvalue weighted by atomic mass is 10.0. The van der Waals surface area contributed by atoms with Crippen LogP contribution in [-0.2, 0) is 0 Å². The van der Waals surface area contributed by atoms with E-state index in [-0.39, 0.29) is 5.69 Å². The Balaban J connectivity index is 2.16. The van der Waals surface area contributed by atoms with Crippen molar-refractivity contribution in [3.63, 3.8) is 0 Å². The monoisotopic (exact) mass is 431 g/mol. The summed E-state index contributed by atoms with van der Waals surface area (Å²) >= 11 is 0. The molecule has 160 valence electrons. The highest BCUT2D eigenvalue weighted by atomic mass is 19.4. The lowest BCUT2D eigenvalue weighted by Crippen LogP contribution is -2.31. The first kappa shape index (κ1) is 22.0. The molecule has 0 saturated heterocycles. The molecule has 8 heteroatoms. The van der Waals surface area contributed by atoms with Crippen molar-refractivity contribution in [1.82, 2.24) is 0 Å². The Morgan fingerprint density at radius 2 is 1.48 bits per heavy atom. The number of carboxylic acids is 1. The van der Waals surface area contributed by atoms with E-state index in [0.29, 0.717) is 22.9 Å². The molecule has 4 nitrogen and oxygen atoms in total. The summed E-state index contributed by atoms with van der Waals surface area (Å²) < 4.78 is 58.3. The molecule has 0 aromatic heterocycles. The zero-order chi connectivity index (χ0) is 22.6. The molecule has 0 amide bonds. The standard InChI is InChI=1S/C23H17F4NO3/c1-14(23(25,26)27)31-20-13-19(18(24)12-17(20)22(29)30)28-21(15-8-4-2-5-9-15)16-10-6-3-7-11-16/h2-14H,1H3,(H,29,30)/t14-/m0/s1. The Bertz CT molecular complexity index is 1060. The summed E-state index contributed by atoms with van der Waals surface area (Å²) in [5.74, 6) is -3.25. The van der Waals surface area contributed by atoms with Gasteiger partial charge in [0.05, 0.1) is 5.71 Å². The summed E-state index contributed by atoms with van der Waals surface area (Å²) in [7, 11) is 0. The Hall–Kier alpha value is -3.68. The average Bonchev–Trinajstić information content (AvgIpc) is 2.74. The fourth-order valence-electron chi connectivity index (χ4n) is 2.76. The topological polar surface area (TPSA) is 58.9 Å². The van der Waals surface area contributed by atoms with E-state index in [4.69, 9.17) is 4.74 Å². The van der Waals surface area contributed by atoms with E-state index < -0.39 is 35.4 Å². The van der Waals surface area contributed by atoms with Gasteiger partial charge in [-0.15, -0.1) is 0 Å². The van der Waals surface area contributed by atoms with E-state index in [9.17, 15) is 27.5 Å². The van der Waals surface area contributed by atoms with Crippen LogP contribution in [0.3, 0.4) is 0 Å². The van der Waals surface area contributed by atoms with Gasteiger partial charge in [0.25, 0.3) is 0 Å². The molecule has 0 spiro atoms.